The van der Waals surface area contributed by atoms with Gasteiger partial charge >= 0.3 is 0 Å². The highest BCUT2D eigenvalue weighted by Crippen LogP contribution is 2.28. The fourth-order valence-electron chi connectivity index (χ4n) is 2.26. The summed E-state index contributed by atoms with van der Waals surface area (Å²) in [6, 6.07) is 7.67. The Balaban J connectivity index is 1.92. The molecule has 0 aliphatic carbocycles. The van der Waals surface area contributed by atoms with E-state index in [0.29, 0.717) is 25.0 Å². The number of benzene rings is 1. The fraction of sp³-hybridized carbons (Fsp3) is 0.571. The average molecular weight is 251 g/mol. The van der Waals surface area contributed by atoms with Gasteiger partial charge in [0, 0.05) is 19.1 Å². The molecule has 1 aromatic rings. The van der Waals surface area contributed by atoms with E-state index in [9.17, 15) is 0 Å². The summed E-state index contributed by atoms with van der Waals surface area (Å²) in [5.41, 5.74) is 5.82. The zero-order valence-electron chi connectivity index (χ0n) is 10.8. The van der Waals surface area contributed by atoms with E-state index in [4.69, 9.17) is 19.9 Å². The van der Waals surface area contributed by atoms with Crippen molar-refractivity contribution in [3.05, 3.63) is 24.3 Å². The summed E-state index contributed by atoms with van der Waals surface area (Å²) >= 11 is 0. The van der Waals surface area contributed by atoms with Crippen molar-refractivity contribution >= 4 is 0 Å². The predicted octanol–water partition coefficient (Wildman–Crippen LogP) is 1.69. The standard InChI is InChI=1S/C14H21NO3/c1-16-13-4-2-3-5-14(13)18-10-12(8-15)11-6-7-17-9-11/h2-5,11-12H,6-10,15H2,1H3. The summed E-state index contributed by atoms with van der Waals surface area (Å²) in [6.07, 6.45) is 1.08. The van der Waals surface area contributed by atoms with E-state index in [2.05, 4.69) is 0 Å². The molecule has 0 saturated carbocycles. The lowest BCUT2D eigenvalue weighted by Gasteiger charge is -2.21. The summed E-state index contributed by atoms with van der Waals surface area (Å²) in [5, 5.41) is 0. The average Bonchev–Trinajstić information content (AvgIpc) is 2.94. The second kappa shape index (κ2) is 6.61. The van der Waals surface area contributed by atoms with Gasteiger partial charge in [0.2, 0.25) is 0 Å². The monoisotopic (exact) mass is 251 g/mol. The van der Waals surface area contributed by atoms with Gasteiger partial charge < -0.3 is 19.9 Å². The number of para-hydroxylation sites is 2. The van der Waals surface area contributed by atoms with Gasteiger partial charge in [-0.3, -0.25) is 0 Å². The Morgan fingerprint density at radius 3 is 2.78 bits per heavy atom. The van der Waals surface area contributed by atoms with Crippen molar-refractivity contribution in [3.8, 4) is 11.5 Å². The third kappa shape index (κ3) is 3.15. The Labute approximate surface area is 108 Å². The molecule has 0 bridgehead atoms. The summed E-state index contributed by atoms with van der Waals surface area (Å²) in [6.45, 7) is 2.89. The molecule has 1 aromatic carbocycles. The maximum absolute atomic E-state index is 5.83. The molecule has 4 heteroatoms. The molecule has 2 rings (SSSR count). The largest absolute Gasteiger partial charge is 0.493 e. The van der Waals surface area contributed by atoms with E-state index < -0.39 is 0 Å². The van der Waals surface area contributed by atoms with Gasteiger partial charge in [-0.15, -0.1) is 0 Å². The second-order valence-corrected chi connectivity index (χ2v) is 4.58. The molecule has 0 amide bonds. The van der Waals surface area contributed by atoms with Crippen LogP contribution in [0.25, 0.3) is 0 Å². The zero-order valence-corrected chi connectivity index (χ0v) is 10.8. The van der Waals surface area contributed by atoms with Gasteiger partial charge in [-0.2, -0.15) is 0 Å². The molecule has 0 spiro atoms. The predicted molar refractivity (Wildman–Crippen MR) is 70.0 cm³/mol. The quantitative estimate of drug-likeness (QED) is 0.836. The number of ether oxygens (including phenoxy) is 3. The molecule has 2 N–H and O–H groups in total. The maximum Gasteiger partial charge on any atom is 0.161 e. The van der Waals surface area contributed by atoms with Crippen LogP contribution < -0.4 is 15.2 Å². The lowest BCUT2D eigenvalue weighted by molar-refractivity contribution is 0.149. The van der Waals surface area contributed by atoms with Crippen LogP contribution in [0.5, 0.6) is 11.5 Å². The van der Waals surface area contributed by atoms with Crippen molar-refractivity contribution in [3.63, 3.8) is 0 Å². The van der Waals surface area contributed by atoms with Crippen LogP contribution in [0, 0.1) is 11.8 Å². The Morgan fingerprint density at radius 2 is 2.17 bits per heavy atom. The Hall–Kier alpha value is -1.26. The highest BCUT2D eigenvalue weighted by atomic mass is 16.5. The van der Waals surface area contributed by atoms with Gasteiger partial charge in [-0.1, -0.05) is 12.1 Å². The molecule has 2 atom stereocenters. The molecule has 18 heavy (non-hydrogen) atoms. The molecular weight excluding hydrogens is 230 g/mol. The van der Waals surface area contributed by atoms with Crippen LogP contribution in [-0.4, -0.2) is 33.5 Å². The van der Waals surface area contributed by atoms with Crippen molar-refractivity contribution in [1.82, 2.24) is 0 Å². The van der Waals surface area contributed by atoms with E-state index in [1.807, 2.05) is 24.3 Å². The van der Waals surface area contributed by atoms with Gasteiger partial charge in [0.15, 0.2) is 11.5 Å². The summed E-state index contributed by atoms with van der Waals surface area (Å²) < 4.78 is 16.5. The molecule has 1 saturated heterocycles. The van der Waals surface area contributed by atoms with E-state index in [1.54, 1.807) is 7.11 Å². The first-order chi connectivity index (χ1) is 8.85. The number of rotatable bonds is 6. The molecule has 4 nitrogen and oxygen atoms in total. The van der Waals surface area contributed by atoms with E-state index in [0.717, 1.165) is 31.1 Å². The van der Waals surface area contributed by atoms with Crippen molar-refractivity contribution in [2.45, 2.75) is 6.42 Å². The molecule has 0 aromatic heterocycles. The normalized spacial score (nSPS) is 20.7. The summed E-state index contributed by atoms with van der Waals surface area (Å²) in [4.78, 5) is 0. The minimum Gasteiger partial charge on any atom is -0.493 e. The minimum absolute atomic E-state index is 0.345. The molecule has 100 valence electrons. The van der Waals surface area contributed by atoms with Crippen LogP contribution >= 0.6 is 0 Å². The number of methoxy groups -OCH3 is 1. The molecule has 1 fully saturated rings. The first-order valence-electron chi connectivity index (χ1n) is 6.38. The van der Waals surface area contributed by atoms with Crippen LogP contribution in [0.4, 0.5) is 0 Å². The van der Waals surface area contributed by atoms with Gasteiger partial charge in [0.1, 0.15) is 0 Å². The molecular formula is C14H21NO3. The zero-order chi connectivity index (χ0) is 12.8. The Morgan fingerprint density at radius 1 is 1.39 bits per heavy atom. The second-order valence-electron chi connectivity index (χ2n) is 4.58. The Kier molecular flexibility index (Phi) is 4.84. The highest BCUT2D eigenvalue weighted by molar-refractivity contribution is 5.39. The van der Waals surface area contributed by atoms with Gasteiger partial charge in [0.25, 0.3) is 0 Å². The fourth-order valence-corrected chi connectivity index (χ4v) is 2.26. The minimum atomic E-state index is 0.345. The number of hydrogen-bond acceptors (Lipinski definition) is 4. The van der Waals surface area contributed by atoms with E-state index >= 15 is 0 Å². The van der Waals surface area contributed by atoms with Crippen LogP contribution in [0.15, 0.2) is 24.3 Å². The van der Waals surface area contributed by atoms with Gasteiger partial charge in [0.05, 0.1) is 13.7 Å². The van der Waals surface area contributed by atoms with E-state index in [1.165, 1.54) is 0 Å². The Bertz CT molecular complexity index is 364. The van der Waals surface area contributed by atoms with Gasteiger partial charge in [-0.25, -0.2) is 0 Å². The number of nitrogens with two attached hydrogens (primary N) is 1. The lowest BCUT2D eigenvalue weighted by Crippen LogP contribution is -2.29. The maximum atomic E-state index is 5.83. The van der Waals surface area contributed by atoms with E-state index in [-0.39, 0.29) is 0 Å². The molecule has 0 radical (unpaired) electrons. The number of hydrogen-bond donors (Lipinski definition) is 1. The van der Waals surface area contributed by atoms with Crippen molar-refractivity contribution in [1.29, 1.82) is 0 Å². The molecule has 1 aliphatic heterocycles. The van der Waals surface area contributed by atoms with Gasteiger partial charge in [-0.05, 0) is 31.0 Å². The SMILES string of the molecule is COc1ccccc1OCC(CN)C1CCOC1. The molecule has 2 unspecified atom stereocenters. The third-order valence-electron chi connectivity index (χ3n) is 3.46. The summed E-state index contributed by atoms with van der Waals surface area (Å²) in [5.74, 6) is 2.40. The lowest BCUT2D eigenvalue weighted by atomic mass is 9.92. The highest BCUT2D eigenvalue weighted by Gasteiger charge is 2.25. The summed E-state index contributed by atoms with van der Waals surface area (Å²) in [7, 11) is 1.65. The van der Waals surface area contributed by atoms with Crippen LogP contribution in [0.2, 0.25) is 0 Å². The third-order valence-corrected chi connectivity index (χ3v) is 3.46. The van der Waals surface area contributed by atoms with Crippen LogP contribution in [0.1, 0.15) is 6.42 Å². The van der Waals surface area contributed by atoms with Crippen molar-refractivity contribution in [2.75, 3.05) is 33.5 Å². The van der Waals surface area contributed by atoms with Crippen LogP contribution in [-0.2, 0) is 4.74 Å². The van der Waals surface area contributed by atoms with Crippen LogP contribution in [0.3, 0.4) is 0 Å². The first kappa shape index (κ1) is 13.2. The first-order valence-corrected chi connectivity index (χ1v) is 6.38. The smallest absolute Gasteiger partial charge is 0.161 e. The molecule has 1 heterocycles. The van der Waals surface area contributed by atoms with Crippen molar-refractivity contribution in [2.24, 2.45) is 17.6 Å². The van der Waals surface area contributed by atoms with Crippen molar-refractivity contribution < 1.29 is 14.2 Å². The topological polar surface area (TPSA) is 53.7 Å². The molecule has 1 aliphatic rings.